The van der Waals surface area contributed by atoms with Crippen LogP contribution in [0.5, 0.6) is 0 Å². The molecule has 0 amide bonds. The Morgan fingerprint density at radius 3 is 2.36 bits per heavy atom. The average Bonchev–Trinajstić information content (AvgIpc) is 2.09. The van der Waals surface area contributed by atoms with E-state index in [1.807, 2.05) is 0 Å². The molecule has 1 atom stereocenters. The summed E-state index contributed by atoms with van der Waals surface area (Å²) in [6.45, 7) is 5.61. The fourth-order valence-electron chi connectivity index (χ4n) is 1.86. The third kappa shape index (κ3) is 2.46. The van der Waals surface area contributed by atoms with Gasteiger partial charge >= 0.3 is 0 Å². The Kier molecular flexibility index (Phi) is 3.87. The fourth-order valence-corrected chi connectivity index (χ4v) is 1.86. The molecule has 11 heavy (non-hydrogen) atoms. The molecule has 1 fully saturated rings. The highest BCUT2D eigenvalue weighted by Gasteiger charge is 2.16. The number of piperidine rings is 1. The molecule has 0 aromatic rings. The molecule has 0 bridgehead atoms. The van der Waals surface area contributed by atoms with Crippen molar-refractivity contribution in [3.8, 4) is 0 Å². The molecular weight excluding hydrogens is 136 g/mol. The summed E-state index contributed by atoms with van der Waals surface area (Å²) in [4.78, 5) is 2.55. The molecule has 1 aliphatic rings. The van der Waals surface area contributed by atoms with Gasteiger partial charge in [-0.05, 0) is 32.4 Å². The van der Waals surface area contributed by atoms with Crippen molar-refractivity contribution in [3.63, 3.8) is 0 Å². The molecule has 1 unspecified atom stereocenters. The van der Waals surface area contributed by atoms with E-state index in [-0.39, 0.29) is 0 Å². The molecule has 1 heterocycles. The molecule has 0 radical (unpaired) electrons. The van der Waals surface area contributed by atoms with E-state index in [0.717, 1.165) is 6.54 Å². The van der Waals surface area contributed by atoms with Crippen LogP contribution >= 0.6 is 0 Å². The maximum atomic E-state index is 5.67. The first-order chi connectivity index (χ1) is 5.38. The van der Waals surface area contributed by atoms with Crippen molar-refractivity contribution in [2.45, 2.75) is 38.6 Å². The lowest BCUT2D eigenvalue weighted by Gasteiger charge is -2.33. The first-order valence-electron chi connectivity index (χ1n) is 4.82. The van der Waals surface area contributed by atoms with E-state index in [2.05, 4.69) is 11.8 Å². The van der Waals surface area contributed by atoms with Gasteiger partial charge in [-0.3, -0.25) is 4.90 Å². The maximum absolute atomic E-state index is 5.67. The standard InChI is InChI=1S/C9H20N2/c1-2-9(8-10)11-6-4-3-5-7-11/h9H,2-8,10H2,1H3. The van der Waals surface area contributed by atoms with Crippen molar-refractivity contribution in [1.29, 1.82) is 0 Å². The molecule has 0 aromatic carbocycles. The zero-order valence-electron chi connectivity index (χ0n) is 7.55. The minimum absolute atomic E-state index is 0.648. The monoisotopic (exact) mass is 156 g/mol. The van der Waals surface area contributed by atoms with Crippen molar-refractivity contribution in [3.05, 3.63) is 0 Å². The Morgan fingerprint density at radius 2 is 1.91 bits per heavy atom. The largest absolute Gasteiger partial charge is 0.329 e. The molecule has 0 spiro atoms. The summed E-state index contributed by atoms with van der Waals surface area (Å²) in [5.74, 6) is 0. The van der Waals surface area contributed by atoms with Gasteiger partial charge in [0.2, 0.25) is 0 Å². The topological polar surface area (TPSA) is 29.3 Å². The second-order valence-electron chi connectivity index (χ2n) is 3.39. The zero-order chi connectivity index (χ0) is 8.10. The maximum Gasteiger partial charge on any atom is 0.0215 e. The van der Waals surface area contributed by atoms with Crippen molar-refractivity contribution in [2.75, 3.05) is 19.6 Å². The van der Waals surface area contributed by atoms with Gasteiger partial charge in [0.25, 0.3) is 0 Å². The van der Waals surface area contributed by atoms with Gasteiger partial charge in [-0.15, -0.1) is 0 Å². The molecule has 2 N–H and O–H groups in total. The van der Waals surface area contributed by atoms with Gasteiger partial charge in [0, 0.05) is 12.6 Å². The number of hydrogen-bond acceptors (Lipinski definition) is 2. The van der Waals surface area contributed by atoms with Crippen LogP contribution < -0.4 is 5.73 Å². The smallest absolute Gasteiger partial charge is 0.0215 e. The van der Waals surface area contributed by atoms with Crippen LogP contribution in [0.1, 0.15) is 32.6 Å². The summed E-state index contributed by atoms with van der Waals surface area (Å²) < 4.78 is 0. The molecule has 0 aliphatic carbocycles. The van der Waals surface area contributed by atoms with Crippen LogP contribution in [-0.2, 0) is 0 Å². The first kappa shape index (κ1) is 9.01. The summed E-state index contributed by atoms with van der Waals surface area (Å²) in [5.41, 5.74) is 5.67. The average molecular weight is 156 g/mol. The minimum Gasteiger partial charge on any atom is -0.329 e. The molecule has 1 aliphatic heterocycles. The number of nitrogens with zero attached hydrogens (tertiary/aromatic N) is 1. The lowest BCUT2D eigenvalue weighted by molar-refractivity contribution is 0.163. The quantitative estimate of drug-likeness (QED) is 0.665. The molecular formula is C9H20N2. The molecule has 66 valence electrons. The molecule has 1 rings (SSSR count). The van der Waals surface area contributed by atoms with Crippen molar-refractivity contribution in [2.24, 2.45) is 5.73 Å². The van der Waals surface area contributed by atoms with E-state index in [0.29, 0.717) is 6.04 Å². The van der Waals surface area contributed by atoms with Gasteiger partial charge < -0.3 is 5.73 Å². The van der Waals surface area contributed by atoms with Crippen LogP contribution in [0, 0.1) is 0 Å². The van der Waals surface area contributed by atoms with Gasteiger partial charge in [-0.25, -0.2) is 0 Å². The number of nitrogens with two attached hydrogens (primary N) is 1. The van der Waals surface area contributed by atoms with Crippen LogP contribution in [0.4, 0.5) is 0 Å². The van der Waals surface area contributed by atoms with E-state index in [1.54, 1.807) is 0 Å². The Balaban J connectivity index is 2.30. The van der Waals surface area contributed by atoms with Crippen molar-refractivity contribution >= 4 is 0 Å². The number of likely N-dealkylation sites (tertiary alicyclic amines) is 1. The Hall–Kier alpha value is -0.0800. The van der Waals surface area contributed by atoms with Crippen LogP contribution in [-0.4, -0.2) is 30.6 Å². The molecule has 2 nitrogen and oxygen atoms in total. The van der Waals surface area contributed by atoms with E-state index >= 15 is 0 Å². The van der Waals surface area contributed by atoms with Crippen molar-refractivity contribution in [1.82, 2.24) is 4.90 Å². The Morgan fingerprint density at radius 1 is 1.27 bits per heavy atom. The molecule has 0 saturated carbocycles. The Bertz CT molecular complexity index is 93.7. The van der Waals surface area contributed by atoms with Crippen LogP contribution in [0.3, 0.4) is 0 Å². The molecule has 2 heteroatoms. The zero-order valence-corrected chi connectivity index (χ0v) is 7.55. The lowest BCUT2D eigenvalue weighted by atomic mass is 10.1. The summed E-state index contributed by atoms with van der Waals surface area (Å²) in [6, 6.07) is 0.648. The first-order valence-corrected chi connectivity index (χ1v) is 4.82. The van der Waals surface area contributed by atoms with Gasteiger partial charge in [-0.1, -0.05) is 13.3 Å². The minimum atomic E-state index is 0.648. The van der Waals surface area contributed by atoms with E-state index in [4.69, 9.17) is 5.73 Å². The summed E-state index contributed by atoms with van der Waals surface area (Å²) in [6.07, 6.45) is 5.36. The van der Waals surface area contributed by atoms with Crippen LogP contribution in [0.15, 0.2) is 0 Å². The summed E-state index contributed by atoms with van der Waals surface area (Å²) in [7, 11) is 0. The number of rotatable bonds is 3. The normalized spacial score (nSPS) is 23.5. The predicted octanol–water partition coefficient (Wildman–Crippen LogP) is 1.21. The van der Waals surface area contributed by atoms with Gasteiger partial charge in [0.15, 0.2) is 0 Å². The van der Waals surface area contributed by atoms with Crippen molar-refractivity contribution < 1.29 is 0 Å². The summed E-state index contributed by atoms with van der Waals surface area (Å²) >= 11 is 0. The highest BCUT2D eigenvalue weighted by atomic mass is 15.2. The highest BCUT2D eigenvalue weighted by Crippen LogP contribution is 2.12. The SMILES string of the molecule is CCC(CN)N1CCCCC1. The van der Waals surface area contributed by atoms with Crippen LogP contribution in [0.25, 0.3) is 0 Å². The molecule has 0 aromatic heterocycles. The van der Waals surface area contributed by atoms with E-state index in [9.17, 15) is 0 Å². The van der Waals surface area contributed by atoms with E-state index in [1.165, 1.54) is 38.8 Å². The summed E-state index contributed by atoms with van der Waals surface area (Å²) in [5, 5.41) is 0. The van der Waals surface area contributed by atoms with Gasteiger partial charge in [0.1, 0.15) is 0 Å². The lowest BCUT2D eigenvalue weighted by Crippen LogP contribution is -2.43. The second kappa shape index (κ2) is 4.73. The third-order valence-electron chi connectivity index (χ3n) is 2.65. The molecule has 1 saturated heterocycles. The third-order valence-corrected chi connectivity index (χ3v) is 2.65. The van der Waals surface area contributed by atoms with Gasteiger partial charge in [0.05, 0.1) is 0 Å². The van der Waals surface area contributed by atoms with Gasteiger partial charge in [-0.2, -0.15) is 0 Å². The highest BCUT2D eigenvalue weighted by molar-refractivity contribution is 4.74. The van der Waals surface area contributed by atoms with Crippen LogP contribution in [0.2, 0.25) is 0 Å². The second-order valence-corrected chi connectivity index (χ2v) is 3.39. The predicted molar refractivity (Wildman–Crippen MR) is 48.6 cm³/mol. The fraction of sp³-hybridized carbons (Fsp3) is 1.00. The number of hydrogen-bond donors (Lipinski definition) is 1. The Labute approximate surface area is 69.8 Å². The van der Waals surface area contributed by atoms with E-state index < -0.39 is 0 Å².